The minimum Gasteiger partial charge on any atom is -0.478 e. The molecule has 136 valence electrons. The maximum absolute atomic E-state index is 11.8. The van der Waals surface area contributed by atoms with Crippen molar-refractivity contribution in [2.24, 2.45) is 0 Å². The summed E-state index contributed by atoms with van der Waals surface area (Å²) >= 11 is 0. The van der Waals surface area contributed by atoms with Gasteiger partial charge in [-0.05, 0) is 53.6 Å². The van der Waals surface area contributed by atoms with Crippen molar-refractivity contribution in [1.29, 1.82) is 0 Å². The fourth-order valence-corrected chi connectivity index (χ4v) is 3.26. The van der Waals surface area contributed by atoms with Crippen LogP contribution in [-0.2, 0) is 0 Å². The number of para-hydroxylation sites is 2. The topological polar surface area (TPSA) is 40.5 Å². The van der Waals surface area contributed by atoms with Crippen molar-refractivity contribution in [2.75, 3.05) is 4.90 Å². The highest BCUT2D eigenvalue weighted by Crippen LogP contribution is 2.37. The molecule has 0 aliphatic rings. The summed E-state index contributed by atoms with van der Waals surface area (Å²) in [7, 11) is 0. The molecular weight excluding hydrogens is 346 g/mol. The van der Waals surface area contributed by atoms with E-state index in [-0.39, 0.29) is 5.56 Å². The molecule has 3 nitrogen and oxygen atoms in total. The molecule has 1 N–H and O–H groups in total. The Hall–Kier alpha value is -3.85. The number of anilines is 3. The number of carboxylic acid groups (broad SMARTS) is 1. The van der Waals surface area contributed by atoms with Gasteiger partial charge in [-0.3, -0.25) is 0 Å². The van der Waals surface area contributed by atoms with E-state index in [1.54, 1.807) is 12.1 Å². The molecule has 0 saturated carbocycles. The number of aromatic carboxylic acids is 1. The summed E-state index contributed by atoms with van der Waals surface area (Å²) in [5.41, 5.74) is 4.84. The van der Waals surface area contributed by atoms with Gasteiger partial charge in [-0.1, -0.05) is 66.7 Å². The van der Waals surface area contributed by atoms with Crippen LogP contribution >= 0.6 is 0 Å². The first-order valence-electron chi connectivity index (χ1n) is 9.06. The number of hydrogen-bond acceptors (Lipinski definition) is 2. The lowest BCUT2D eigenvalue weighted by atomic mass is 10.0. The molecule has 0 aromatic heterocycles. The third-order valence-corrected chi connectivity index (χ3v) is 4.56. The Kier molecular flexibility index (Phi) is 4.89. The molecule has 3 heteroatoms. The third-order valence-electron chi connectivity index (χ3n) is 4.56. The Bertz CT molecular complexity index is 1040. The van der Waals surface area contributed by atoms with Crippen LogP contribution in [0.15, 0.2) is 109 Å². The van der Waals surface area contributed by atoms with E-state index in [0.29, 0.717) is 0 Å². The molecule has 4 rings (SSSR count). The fraction of sp³-hybridized carbons (Fsp3) is 0. The lowest BCUT2D eigenvalue weighted by Crippen LogP contribution is -2.11. The average Bonchev–Trinajstić information content (AvgIpc) is 2.76. The van der Waals surface area contributed by atoms with E-state index in [1.807, 2.05) is 97.1 Å². The second-order valence-electron chi connectivity index (χ2n) is 6.45. The molecule has 4 aromatic carbocycles. The quantitative estimate of drug-likeness (QED) is 0.437. The molecule has 28 heavy (non-hydrogen) atoms. The standard InChI is InChI=1S/C25H19NO2/c27-25(28)21-16-20(19-10-4-1-5-11-19)17-24(18-21)26(22-12-6-2-7-13-22)23-14-8-3-9-15-23/h1-18H,(H,27,28). The molecule has 0 fully saturated rings. The van der Waals surface area contributed by atoms with Crippen molar-refractivity contribution in [3.63, 3.8) is 0 Å². The van der Waals surface area contributed by atoms with Gasteiger partial charge in [-0.2, -0.15) is 0 Å². The zero-order valence-electron chi connectivity index (χ0n) is 15.2. The van der Waals surface area contributed by atoms with E-state index in [2.05, 4.69) is 4.90 Å². The molecule has 0 aliphatic carbocycles. The average molecular weight is 365 g/mol. The number of nitrogens with zero attached hydrogens (tertiary/aromatic N) is 1. The molecule has 0 spiro atoms. The second kappa shape index (κ2) is 7.80. The number of rotatable bonds is 5. The van der Waals surface area contributed by atoms with Crippen LogP contribution in [-0.4, -0.2) is 11.1 Å². The molecule has 4 aromatic rings. The van der Waals surface area contributed by atoms with E-state index >= 15 is 0 Å². The summed E-state index contributed by atoms with van der Waals surface area (Å²) in [5.74, 6) is -0.944. The molecular formula is C25H19NO2. The predicted molar refractivity (Wildman–Crippen MR) is 114 cm³/mol. The Balaban J connectivity index is 1.93. The number of hydrogen-bond donors (Lipinski definition) is 1. The van der Waals surface area contributed by atoms with Gasteiger partial charge in [0.2, 0.25) is 0 Å². The Labute approximate surface area is 164 Å². The van der Waals surface area contributed by atoms with Crippen LogP contribution in [0, 0.1) is 0 Å². The maximum atomic E-state index is 11.8. The van der Waals surface area contributed by atoms with Crippen LogP contribution in [0.2, 0.25) is 0 Å². The second-order valence-corrected chi connectivity index (χ2v) is 6.45. The van der Waals surface area contributed by atoms with Crippen molar-refractivity contribution >= 4 is 23.0 Å². The van der Waals surface area contributed by atoms with Crippen molar-refractivity contribution in [3.05, 3.63) is 115 Å². The van der Waals surface area contributed by atoms with Gasteiger partial charge < -0.3 is 10.0 Å². The lowest BCUT2D eigenvalue weighted by molar-refractivity contribution is 0.0697. The van der Waals surface area contributed by atoms with Crippen LogP contribution in [0.25, 0.3) is 11.1 Å². The summed E-state index contributed by atoms with van der Waals surface area (Å²) in [4.78, 5) is 13.9. The maximum Gasteiger partial charge on any atom is 0.335 e. The van der Waals surface area contributed by atoms with Gasteiger partial charge in [0, 0.05) is 17.1 Å². The molecule has 0 heterocycles. The van der Waals surface area contributed by atoms with Gasteiger partial charge in [0.05, 0.1) is 5.56 Å². The van der Waals surface area contributed by atoms with Crippen LogP contribution < -0.4 is 4.90 Å². The molecule has 0 unspecified atom stereocenters. The Morgan fingerprint density at radius 1 is 0.571 bits per heavy atom. The first-order valence-corrected chi connectivity index (χ1v) is 9.06. The molecule has 0 atom stereocenters. The normalized spacial score (nSPS) is 10.4. The lowest BCUT2D eigenvalue weighted by Gasteiger charge is -2.26. The number of carbonyl (C=O) groups is 1. The van der Waals surface area contributed by atoms with E-state index in [9.17, 15) is 9.90 Å². The zero-order chi connectivity index (χ0) is 19.3. The largest absolute Gasteiger partial charge is 0.478 e. The minimum atomic E-state index is -0.944. The summed E-state index contributed by atoms with van der Waals surface area (Å²) in [6.45, 7) is 0. The molecule has 0 amide bonds. The highest BCUT2D eigenvalue weighted by molar-refractivity contribution is 5.93. The van der Waals surface area contributed by atoms with Crippen molar-refractivity contribution in [2.45, 2.75) is 0 Å². The van der Waals surface area contributed by atoms with Crippen LogP contribution in [0.4, 0.5) is 17.1 Å². The monoisotopic (exact) mass is 365 g/mol. The highest BCUT2D eigenvalue weighted by atomic mass is 16.4. The minimum absolute atomic E-state index is 0.258. The summed E-state index contributed by atoms with van der Waals surface area (Å²) in [5, 5.41) is 9.69. The smallest absolute Gasteiger partial charge is 0.335 e. The molecule has 0 saturated heterocycles. The van der Waals surface area contributed by atoms with Gasteiger partial charge in [-0.15, -0.1) is 0 Å². The first-order chi connectivity index (χ1) is 13.7. The van der Waals surface area contributed by atoms with Gasteiger partial charge in [0.15, 0.2) is 0 Å². The number of carboxylic acids is 1. The van der Waals surface area contributed by atoms with Crippen molar-refractivity contribution in [3.8, 4) is 11.1 Å². The van der Waals surface area contributed by atoms with Gasteiger partial charge in [0.25, 0.3) is 0 Å². The van der Waals surface area contributed by atoms with Gasteiger partial charge >= 0.3 is 5.97 Å². The van der Waals surface area contributed by atoms with Crippen LogP contribution in [0.5, 0.6) is 0 Å². The fourth-order valence-electron chi connectivity index (χ4n) is 3.26. The van der Waals surface area contributed by atoms with Gasteiger partial charge in [-0.25, -0.2) is 4.79 Å². The zero-order valence-corrected chi connectivity index (χ0v) is 15.2. The molecule has 0 radical (unpaired) electrons. The number of benzene rings is 4. The van der Waals surface area contributed by atoms with E-state index in [1.165, 1.54) is 0 Å². The third kappa shape index (κ3) is 3.64. The first kappa shape index (κ1) is 17.6. The summed E-state index contributed by atoms with van der Waals surface area (Å²) in [6.07, 6.45) is 0. The Morgan fingerprint density at radius 2 is 1.07 bits per heavy atom. The van der Waals surface area contributed by atoms with Crippen LogP contribution in [0.1, 0.15) is 10.4 Å². The van der Waals surface area contributed by atoms with Gasteiger partial charge in [0.1, 0.15) is 0 Å². The van der Waals surface area contributed by atoms with Crippen LogP contribution in [0.3, 0.4) is 0 Å². The summed E-state index contributed by atoms with van der Waals surface area (Å²) < 4.78 is 0. The van der Waals surface area contributed by atoms with E-state index in [0.717, 1.165) is 28.2 Å². The molecule has 0 aliphatic heterocycles. The molecule has 0 bridgehead atoms. The Morgan fingerprint density at radius 3 is 1.57 bits per heavy atom. The highest BCUT2D eigenvalue weighted by Gasteiger charge is 2.16. The van der Waals surface area contributed by atoms with E-state index < -0.39 is 5.97 Å². The predicted octanol–water partition coefficient (Wildman–Crippen LogP) is 6.52. The van der Waals surface area contributed by atoms with E-state index in [4.69, 9.17) is 0 Å². The summed E-state index contributed by atoms with van der Waals surface area (Å²) in [6, 6.07) is 35.2. The van der Waals surface area contributed by atoms with Crippen molar-refractivity contribution < 1.29 is 9.90 Å². The van der Waals surface area contributed by atoms with Crippen molar-refractivity contribution in [1.82, 2.24) is 0 Å². The SMILES string of the molecule is O=C(O)c1cc(-c2ccccc2)cc(N(c2ccccc2)c2ccccc2)c1.